The SMILES string of the molecule is Cl.O=C(CC1CCNCC1)N1CCOC(c2ccc(Cl)cc2)C1. The van der Waals surface area contributed by atoms with Crippen LogP contribution in [0.5, 0.6) is 0 Å². The van der Waals surface area contributed by atoms with Crippen molar-refractivity contribution in [1.29, 1.82) is 0 Å². The minimum absolute atomic E-state index is 0. The summed E-state index contributed by atoms with van der Waals surface area (Å²) in [5, 5.41) is 4.07. The van der Waals surface area contributed by atoms with Crippen molar-refractivity contribution < 1.29 is 9.53 Å². The Bertz CT molecular complexity index is 504. The molecule has 1 aromatic rings. The molecule has 0 aromatic heterocycles. The standard InChI is InChI=1S/C17H23ClN2O2.ClH/c18-15-3-1-14(2-4-15)16-12-20(9-10-22-16)17(21)11-13-5-7-19-8-6-13;/h1-4,13,16,19H,5-12H2;1H. The molecular formula is C17H24Cl2N2O2. The van der Waals surface area contributed by atoms with Gasteiger partial charge in [-0.05, 0) is 49.5 Å². The number of ether oxygens (including phenoxy) is 1. The first-order chi connectivity index (χ1) is 10.7. The summed E-state index contributed by atoms with van der Waals surface area (Å²) in [6, 6.07) is 7.70. The fourth-order valence-corrected chi connectivity index (χ4v) is 3.34. The molecule has 2 saturated heterocycles. The molecule has 1 N–H and O–H groups in total. The van der Waals surface area contributed by atoms with Crippen LogP contribution in [0.4, 0.5) is 0 Å². The molecule has 2 aliphatic heterocycles. The minimum atomic E-state index is -0.0389. The van der Waals surface area contributed by atoms with Gasteiger partial charge in [-0.3, -0.25) is 4.79 Å². The van der Waals surface area contributed by atoms with E-state index in [2.05, 4.69) is 5.32 Å². The number of carbonyl (C=O) groups excluding carboxylic acids is 1. The number of morpholine rings is 1. The molecule has 2 heterocycles. The number of amides is 1. The summed E-state index contributed by atoms with van der Waals surface area (Å²) < 4.78 is 5.83. The van der Waals surface area contributed by atoms with Crippen LogP contribution >= 0.6 is 24.0 Å². The van der Waals surface area contributed by atoms with Gasteiger partial charge in [0.25, 0.3) is 0 Å². The van der Waals surface area contributed by atoms with Crippen LogP contribution in [0.15, 0.2) is 24.3 Å². The average molecular weight is 359 g/mol. The van der Waals surface area contributed by atoms with Crippen molar-refractivity contribution in [2.75, 3.05) is 32.8 Å². The van der Waals surface area contributed by atoms with Crippen LogP contribution in [0, 0.1) is 5.92 Å². The summed E-state index contributed by atoms with van der Waals surface area (Å²) in [6.07, 6.45) is 2.85. The van der Waals surface area contributed by atoms with Crippen LogP contribution < -0.4 is 5.32 Å². The lowest BCUT2D eigenvalue weighted by molar-refractivity contribution is -0.140. The predicted molar refractivity (Wildman–Crippen MR) is 94.2 cm³/mol. The molecule has 1 amide bonds. The Morgan fingerprint density at radius 3 is 2.65 bits per heavy atom. The highest BCUT2D eigenvalue weighted by Crippen LogP contribution is 2.25. The van der Waals surface area contributed by atoms with E-state index in [-0.39, 0.29) is 24.4 Å². The highest BCUT2D eigenvalue weighted by molar-refractivity contribution is 6.30. The molecule has 0 radical (unpaired) electrons. The first kappa shape index (κ1) is 18.5. The van der Waals surface area contributed by atoms with E-state index < -0.39 is 0 Å². The summed E-state index contributed by atoms with van der Waals surface area (Å²) in [5.41, 5.74) is 1.09. The van der Waals surface area contributed by atoms with Crippen molar-refractivity contribution in [1.82, 2.24) is 10.2 Å². The van der Waals surface area contributed by atoms with Crippen LogP contribution in [-0.4, -0.2) is 43.6 Å². The second kappa shape index (κ2) is 8.88. The third kappa shape index (κ3) is 5.08. The maximum Gasteiger partial charge on any atom is 0.223 e. The number of nitrogens with one attached hydrogen (secondary N) is 1. The van der Waals surface area contributed by atoms with E-state index in [0.29, 0.717) is 32.0 Å². The maximum absolute atomic E-state index is 12.5. The molecule has 128 valence electrons. The number of rotatable bonds is 3. The third-order valence-corrected chi connectivity index (χ3v) is 4.83. The summed E-state index contributed by atoms with van der Waals surface area (Å²) in [4.78, 5) is 14.5. The van der Waals surface area contributed by atoms with Gasteiger partial charge in [-0.15, -0.1) is 12.4 Å². The van der Waals surface area contributed by atoms with Crippen molar-refractivity contribution in [2.45, 2.75) is 25.4 Å². The summed E-state index contributed by atoms with van der Waals surface area (Å²) in [6.45, 7) is 4.02. The molecule has 1 unspecified atom stereocenters. The van der Waals surface area contributed by atoms with Gasteiger partial charge >= 0.3 is 0 Å². The van der Waals surface area contributed by atoms with Gasteiger partial charge in [0, 0.05) is 18.0 Å². The highest BCUT2D eigenvalue weighted by atomic mass is 35.5. The number of benzene rings is 1. The molecule has 23 heavy (non-hydrogen) atoms. The van der Waals surface area contributed by atoms with Crippen molar-refractivity contribution in [3.05, 3.63) is 34.9 Å². The highest BCUT2D eigenvalue weighted by Gasteiger charge is 2.27. The Morgan fingerprint density at radius 2 is 1.96 bits per heavy atom. The van der Waals surface area contributed by atoms with Gasteiger partial charge < -0.3 is 15.0 Å². The van der Waals surface area contributed by atoms with Gasteiger partial charge in [-0.1, -0.05) is 23.7 Å². The molecule has 1 aromatic carbocycles. The van der Waals surface area contributed by atoms with Crippen molar-refractivity contribution in [3.63, 3.8) is 0 Å². The number of hydrogen-bond acceptors (Lipinski definition) is 3. The van der Waals surface area contributed by atoms with E-state index in [1.165, 1.54) is 0 Å². The Labute approximate surface area is 148 Å². The van der Waals surface area contributed by atoms with E-state index >= 15 is 0 Å². The van der Waals surface area contributed by atoms with Crippen LogP contribution in [0.1, 0.15) is 30.9 Å². The molecule has 3 rings (SSSR count). The first-order valence-electron chi connectivity index (χ1n) is 8.08. The zero-order valence-corrected chi connectivity index (χ0v) is 14.7. The monoisotopic (exact) mass is 358 g/mol. The lowest BCUT2D eigenvalue weighted by atomic mass is 9.94. The number of carbonyl (C=O) groups is 1. The van der Waals surface area contributed by atoms with E-state index in [9.17, 15) is 4.79 Å². The second-order valence-electron chi connectivity index (χ2n) is 6.15. The quantitative estimate of drug-likeness (QED) is 0.902. The largest absolute Gasteiger partial charge is 0.370 e. The molecule has 6 heteroatoms. The number of hydrogen-bond donors (Lipinski definition) is 1. The summed E-state index contributed by atoms with van der Waals surface area (Å²) >= 11 is 5.93. The van der Waals surface area contributed by atoms with Gasteiger partial charge in [0.1, 0.15) is 6.10 Å². The number of nitrogens with zero attached hydrogens (tertiary/aromatic N) is 1. The zero-order chi connectivity index (χ0) is 15.4. The van der Waals surface area contributed by atoms with Crippen LogP contribution in [0.25, 0.3) is 0 Å². The molecule has 1 atom stereocenters. The van der Waals surface area contributed by atoms with Crippen LogP contribution in [-0.2, 0) is 9.53 Å². The molecular weight excluding hydrogens is 335 g/mol. The number of halogens is 2. The normalized spacial score (nSPS) is 22.5. The van der Waals surface area contributed by atoms with Gasteiger partial charge in [-0.2, -0.15) is 0 Å². The number of piperidine rings is 1. The Hall–Kier alpha value is -0.810. The third-order valence-electron chi connectivity index (χ3n) is 4.58. The lowest BCUT2D eigenvalue weighted by Crippen LogP contribution is -2.43. The van der Waals surface area contributed by atoms with E-state index in [4.69, 9.17) is 16.3 Å². The molecule has 2 aliphatic rings. The molecule has 0 saturated carbocycles. The van der Waals surface area contributed by atoms with Crippen LogP contribution in [0.3, 0.4) is 0 Å². The van der Waals surface area contributed by atoms with Crippen molar-refractivity contribution >= 4 is 29.9 Å². The second-order valence-corrected chi connectivity index (χ2v) is 6.58. The molecule has 0 aliphatic carbocycles. The van der Waals surface area contributed by atoms with Crippen LogP contribution in [0.2, 0.25) is 5.02 Å². The molecule has 0 bridgehead atoms. The van der Waals surface area contributed by atoms with Gasteiger partial charge in [0.15, 0.2) is 0 Å². The Kier molecular flexibility index (Phi) is 7.15. The Balaban J connectivity index is 0.00000192. The fraction of sp³-hybridized carbons (Fsp3) is 0.588. The van der Waals surface area contributed by atoms with Gasteiger partial charge in [-0.25, -0.2) is 0 Å². The van der Waals surface area contributed by atoms with Crippen molar-refractivity contribution in [2.24, 2.45) is 5.92 Å². The van der Waals surface area contributed by atoms with E-state index in [0.717, 1.165) is 36.5 Å². The summed E-state index contributed by atoms with van der Waals surface area (Å²) in [5.74, 6) is 0.805. The Morgan fingerprint density at radius 1 is 1.26 bits per heavy atom. The summed E-state index contributed by atoms with van der Waals surface area (Å²) in [7, 11) is 0. The van der Waals surface area contributed by atoms with Gasteiger partial charge in [0.05, 0.1) is 13.2 Å². The minimum Gasteiger partial charge on any atom is -0.370 e. The smallest absolute Gasteiger partial charge is 0.223 e. The maximum atomic E-state index is 12.5. The molecule has 0 spiro atoms. The lowest BCUT2D eigenvalue weighted by Gasteiger charge is -2.34. The predicted octanol–water partition coefficient (Wildman–Crippen LogP) is 3.05. The molecule has 2 fully saturated rings. The molecule has 4 nitrogen and oxygen atoms in total. The average Bonchev–Trinajstić information content (AvgIpc) is 2.56. The topological polar surface area (TPSA) is 41.6 Å². The first-order valence-corrected chi connectivity index (χ1v) is 8.46. The van der Waals surface area contributed by atoms with Gasteiger partial charge in [0.2, 0.25) is 5.91 Å². The van der Waals surface area contributed by atoms with E-state index in [1.54, 1.807) is 0 Å². The fourth-order valence-electron chi connectivity index (χ4n) is 3.22. The van der Waals surface area contributed by atoms with E-state index in [1.807, 2.05) is 29.2 Å². The zero-order valence-electron chi connectivity index (χ0n) is 13.2. The van der Waals surface area contributed by atoms with Crippen molar-refractivity contribution in [3.8, 4) is 0 Å².